The van der Waals surface area contributed by atoms with Gasteiger partial charge in [0.25, 0.3) is 0 Å². The van der Waals surface area contributed by atoms with Crippen LogP contribution in [-0.4, -0.2) is 58.2 Å². The third-order valence-corrected chi connectivity index (χ3v) is 6.69. The first-order chi connectivity index (χ1) is 13.2. The van der Waals surface area contributed by atoms with E-state index in [9.17, 15) is 13.2 Å². The van der Waals surface area contributed by atoms with Crippen LogP contribution in [0.15, 0.2) is 48.5 Å². The lowest BCUT2D eigenvalue weighted by atomic mass is 10.2. The van der Waals surface area contributed by atoms with Crippen molar-refractivity contribution in [3.63, 3.8) is 0 Å². The predicted molar refractivity (Wildman–Crippen MR) is 122 cm³/mol. The fourth-order valence-electron chi connectivity index (χ4n) is 3.12. The van der Waals surface area contributed by atoms with Gasteiger partial charge in [-0.3, -0.25) is 9.10 Å². The van der Waals surface area contributed by atoms with Crippen LogP contribution < -0.4 is 9.21 Å². The second kappa shape index (κ2) is 8.87. The summed E-state index contributed by atoms with van der Waals surface area (Å²) < 4.78 is 26.6. The quantitative estimate of drug-likeness (QED) is 0.555. The maximum atomic E-state index is 12.8. The van der Waals surface area contributed by atoms with Gasteiger partial charge in [0.2, 0.25) is 15.9 Å². The van der Waals surface area contributed by atoms with Crippen LogP contribution in [0.2, 0.25) is 5.02 Å². The summed E-state index contributed by atoms with van der Waals surface area (Å²) in [7, 11) is -3.56. The van der Waals surface area contributed by atoms with Crippen LogP contribution in [-0.2, 0) is 14.8 Å². The van der Waals surface area contributed by atoms with Crippen LogP contribution in [0.4, 0.5) is 11.4 Å². The number of anilines is 2. The van der Waals surface area contributed by atoms with E-state index >= 15 is 0 Å². The Balaban J connectivity index is 1.66. The summed E-state index contributed by atoms with van der Waals surface area (Å²) in [4.78, 5) is 16.7. The molecular formula is C19H21ClIN3O3S. The van der Waals surface area contributed by atoms with Crippen molar-refractivity contribution < 1.29 is 13.2 Å². The summed E-state index contributed by atoms with van der Waals surface area (Å²) >= 11 is 8.21. The summed E-state index contributed by atoms with van der Waals surface area (Å²) in [5.41, 5.74) is 1.52. The van der Waals surface area contributed by atoms with Crippen LogP contribution >= 0.6 is 34.2 Å². The SMILES string of the molecule is CS(=O)(=O)N(CC(=O)N1CCN(c2cccc(Cl)c2)CC1)c1ccc(I)cc1. The van der Waals surface area contributed by atoms with Gasteiger partial charge in [-0.1, -0.05) is 17.7 Å². The number of amides is 1. The molecular weight excluding hydrogens is 513 g/mol. The summed E-state index contributed by atoms with van der Waals surface area (Å²) in [5.74, 6) is -0.199. The van der Waals surface area contributed by atoms with Gasteiger partial charge in [0.15, 0.2) is 0 Å². The average molecular weight is 534 g/mol. The van der Waals surface area contributed by atoms with Crippen molar-refractivity contribution in [1.82, 2.24) is 4.90 Å². The van der Waals surface area contributed by atoms with Crippen LogP contribution in [0.1, 0.15) is 0 Å². The molecule has 3 rings (SSSR count). The maximum absolute atomic E-state index is 12.8. The molecule has 2 aromatic rings. The molecule has 0 N–H and O–H groups in total. The molecule has 0 spiro atoms. The van der Waals surface area contributed by atoms with Crippen molar-refractivity contribution in [2.45, 2.75) is 0 Å². The molecule has 0 unspecified atom stereocenters. The number of piperazine rings is 1. The van der Waals surface area contributed by atoms with E-state index in [0.29, 0.717) is 36.9 Å². The molecule has 1 fully saturated rings. The van der Waals surface area contributed by atoms with Crippen molar-refractivity contribution in [2.75, 3.05) is 48.2 Å². The number of carbonyl (C=O) groups excluding carboxylic acids is 1. The molecule has 0 saturated carbocycles. The zero-order chi connectivity index (χ0) is 20.3. The number of nitrogens with zero attached hydrogens (tertiary/aromatic N) is 3. The Kier molecular flexibility index (Phi) is 6.72. The lowest BCUT2D eigenvalue weighted by Gasteiger charge is -2.37. The molecule has 1 aliphatic heterocycles. The van der Waals surface area contributed by atoms with E-state index in [0.717, 1.165) is 19.8 Å². The van der Waals surface area contributed by atoms with Gasteiger partial charge in [0, 0.05) is 40.5 Å². The maximum Gasteiger partial charge on any atom is 0.243 e. The minimum absolute atomic E-state index is 0.198. The summed E-state index contributed by atoms with van der Waals surface area (Å²) in [6, 6.07) is 14.7. The minimum atomic E-state index is -3.56. The first kappa shape index (κ1) is 21.2. The van der Waals surface area contributed by atoms with E-state index in [2.05, 4.69) is 27.5 Å². The summed E-state index contributed by atoms with van der Waals surface area (Å²) in [6.45, 7) is 2.23. The van der Waals surface area contributed by atoms with Crippen LogP contribution in [0.5, 0.6) is 0 Å². The standard InChI is InChI=1S/C19H21ClIN3O3S/c1-28(26,27)24(17-7-5-16(21)6-8-17)14-19(25)23-11-9-22(10-12-23)18-4-2-3-15(20)13-18/h2-8,13H,9-12,14H2,1H3. The molecule has 1 amide bonds. The molecule has 0 radical (unpaired) electrons. The van der Waals surface area contributed by atoms with Gasteiger partial charge in [-0.05, 0) is 65.1 Å². The minimum Gasteiger partial charge on any atom is -0.368 e. The molecule has 0 aromatic heterocycles. The van der Waals surface area contributed by atoms with Crippen molar-refractivity contribution in [3.05, 3.63) is 57.1 Å². The Hall–Kier alpha value is -1.52. The second-order valence-electron chi connectivity index (χ2n) is 6.59. The molecule has 9 heteroatoms. The molecule has 2 aromatic carbocycles. The highest BCUT2D eigenvalue weighted by Crippen LogP contribution is 2.22. The van der Waals surface area contributed by atoms with E-state index in [1.54, 1.807) is 17.0 Å². The predicted octanol–water partition coefficient (Wildman–Crippen LogP) is 3.06. The van der Waals surface area contributed by atoms with Crippen molar-refractivity contribution in [2.24, 2.45) is 0 Å². The molecule has 28 heavy (non-hydrogen) atoms. The fourth-order valence-corrected chi connectivity index (χ4v) is 4.51. The van der Waals surface area contributed by atoms with E-state index in [-0.39, 0.29) is 12.5 Å². The molecule has 0 bridgehead atoms. The molecule has 150 valence electrons. The summed E-state index contributed by atoms with van der Waals surface area (Å²) in [6.07, 6.45) is 1.12. The number of benzene rings is 2. The Morgan fingerprint density at radius 1 is 1.11 bits per heavy atom. The van der Waals surface area contributed by atoms with Gasteiger partial charge in [-0.25, -0.2) is 8.42 Å². The number of hydrogen-bond acceptors (Lipinski definition) is 4. The first-order valence-corrected chi connectivity index (χ1v) is 12.1. The molecule has 0 aliphatic carbocycles. The van der Waals surface area contributed by atoms with Crippen LogP contribution in [0.3, 0.4) is 0 Å². The topological polar surface area (TPSA) is 60.9 Å². The number of carbonyl (C=O) groups is 1. The molecule has 1 aliphatic rings. The monoisotopic (exact) mass is 533 g/mol. The van der Waals surface area contributed by atoms with Gasteiger partial charge in [-0.2, -0.15) is 0 Å². The Labute approximate surface area is 184 Å². The van der Waals surface area contributed by atoms with Gasteiger partial charge < -0.3 is 9.80 Å². The third kappa shape index (κ3) is 5.30. The highest BCUT2D eigenvalue weighted by molar-refractivity contribution is 14.1. The number of hydrogen-bond donors (Lipinski definition) is 0. The molecule has 6 nitrogen and oxygen atoms in total. The van der Waals surface area contributed by atoms with Crippen molar-refractivity contribution in [3.8, 4) is 0 Å². The zero-order valence-corrected chi connectivity index (χ0v) is 19.1. The van der Waals surface area contributed by atoms with Gasteiger partial charge in [0.05, 0.1) is 11.9 Å². The highest BCUT2D eigenvalue weighted by Gasteiger charge is 2.26. The zero-order valence-electron chi connectivity index (χ0n) is 15.4. The summed E-state index contributed by atoms with van der Waals surface area (Å²) in [5, 5.41) is 0.678. The fraction of sp³-hybridized carbons (Fsp3) is 0.316. The average Bonchev–Trinajstić information content (AvgIpc) is 2.66. The van der Waals surface area contributed by atoms with Crippen LogP contribution in [0, 0.1) is 3.57 Å². The van der Waals surface area contributed by atoms with Crippen molar-refractivity contribution >= 4 is 61.5 Å². The van der Waals surface area contributed by atoms with Crippen molar-refractivity contribution in [1.29, 1.82) is 0 Å². The molecule has 1 heterocycles. The number of sulfonamides is 1. The van der Waals surface area contributed by atoms with Gasteiger partial charge >= 0.3 is 0 Å². The van der Waals surface area contributed by atoms with E-state index in [1.165, 1.54) is 0 Å². The Morgan fingerprint density at radius 2 is 1.75 bits per heavy atom. The lowest BCUT2D eigenvalue weighted by Crippen LogP contribution is -2.52. The highest BCUT2D eigenvalue weighted by atomic mass is 127. The van der Waals surface area contributed by atoms with E-state index in [4.69, 9.17) is 11.6 Å². The lowest BCUT2D eigenvalue weighted by molar-refractivity contribution is -0.129. The number of halogens is 2. The van der Waals surface area contributed by atoms with Crippen LogP contribution in [0.25, 0.3) is 0 Å². The largest absolute Gasteiger partial charge is 0.368 e. The third-order valence-electron chi connectivity index (χ3n) is 4.60. The number of rotatable bonds is 5. The van der Waals surface area contributed by atoms with E-state index < -0.39 is 10.0 Å². The second-order valence-corrected chi connectivity index (χ2v) is 10.2. The molecule has 1 saturated heterocycles. The van der Waals surface area contributed by atoms with E-state index in [1.807, 2.05) is 36.4 Å². The normalized spacial score (nSPS) is 14.8. The smallest absolute Gasteiger partial charge is 0.243 e. The Morgan fingerprint density at radius 3 is 2.32 bits per heavy atom. The Bertz CT molecular complexity index is 945. The van der Waals surface area contributed by atoms with Gasteiger partial charge in [0.1, 0.15) is 6.54 Å². The van der Waals surface area contributed by atoms with Gasteiger partial charge in [-0.15, -0.1) is 0 Å². The first-order valence-electron chi connectivity index (χ1n) is 8.75. The molecule has 0 atom stereocenters.